The molecule has 1 aromatic rings. The van der Waals surface area contributed by atoms with E-state index in [1.165, 1.54) is 18.2 Å². The van der Waals surface area contributed by atoms with Gasteiger partial charge in [-0.2, -0.15) is 0 Å². The summed E-state index contributed by atoms with van der Waals surface area (Å²) in [5, 5.41) is 10.4. The van der Waals surface area contributed by atoms with Crippen molar-refractivity contribution in [2.24, 2.45) is 5.92 Å². The predicted molar refractivity (Wildman–Crippen MR) is 64.1 cm³/mol. The van der Waals surface area contributed by atoms with Crippen LogP contribution in [0.3, 0.4) is 0 Å². The summed E-state index contributed by atoms with van der Waals surface area (Å²) in [5.74, 6) is -0.498. The van der Waals surface area contributed by atoms with Crippen LogP contribution in [0.1, 0.15) is 30.9 Å². The van der Waals surface area contributed by atoms with E-state index in [1.54, 1.807) is 6.07 Å². The monoisotopic (exact) mass is 288 g/mol. The summed E-state index contributed by atoms with van der Waals surface area (Å²) in [6.07, 6.45) is -3.18. The number of rotatable bonds is 3. The van der Waals surface area contributed by atoms with Gasteiger partial charge in [0.1, 0.15) is 5.75 Å². The van der Waals surface area contributed by atoms with Crippen molar-refractivity contribution < 1.29 is 27.8 Å². The molecule has 3 nitrogen and oxygen atoms in total. The molecule has 2 bridgehead atoms. The fraction of sp³-hybridized carbons (Fsp3) is 0.571. The second kappa shape index (κ2) is 4.93. The number of alkyl halides is 3. The van der Waals surface area contributed by atoms with Crippen LogP contribution in [0.2, 0.25) is 0 Å². The van der Waals surface area contributed by atoms with Crippen molar-refractivity contribution in [1.82, 2.24) is 0 Å². The van der Waals surface area contributed by atoms with Gasteiger partial charge in [0.15, 0.2) is 0 Å². The van der Waals surface area contributed by atoms with E-state index in [2.05, 4.69) is 4.74 Å². The van der Waals surface area contributed by atoms with Crippen LogP contribution in [0.5, 0.6) is 5.75 Å². The van der Waals surface area contributed by atoms with E-state index < -0.39 is 12.5 Å². The van der Waals surface area contributed by atoms with E-state index in [0.717, 1.165) is 12.8 Å². The highest BCUT2D eigenvalue weighted by atomic mass is 19.4. The van der Waals surface area contributed by atoms with Gasteiger partial charge in [-0.1, -0.05) is 18.2 Å². The summed E-state index contributed by atoms with van der Waals surface area (Å²) < 4.78 is 46.8. The van der Waals surface area contributed by atoms with Gasteiger partial charge in [-0.05, 0) is 25.3 Å². The first-order chi connectivity index (χ1) is 9.44. The number of para-hydroxylation sites is 1. The third-order valence-electron chi connectivity index (χ3n) is 4.02. The topological polar surface area (TPSA) is 38.7 Å². The molecule has 2 heterocycles. The Bertz CT molecular complexity index is 489. The third-order valence-corrected chi connectivity index (χ3v) is 4.02. The Morgan fingerprint density at radius 3 is 2.60 bits per heavy atom. The average molecular weight is 288 g/mol. The van der Waals surface area contributed by atoms with E-state index >= 15 is 0 Å². The molecule has 1 N–H and O–H groups in total. The summed E-state index contributed by atoms with van der Waals surface area (Å²) in [6.45, 7) is 0. The molecule has 2 saturated heterocycles. The zero-order chi connectivity index (χ0) is 14.3. The lowest BCUT2D eigenvalue weighted by Gasteiger charge is -2.26. The molecule has 1 aromatic carbocycles. The van der Waals surface area contributed by atoms with Crippen LogP contribution in [-0.2, 0) is 4.74 Å². The van der Waals surface area contributed by atoms with Gasteiger partial charge in [0, 0.05) is 11.5 Å². The number of ether oxygens (including phenoxy) is 2. The molecule has 0 spiro atoms. The summed E-state index contributed by atoms with van der Waals surface area (Å²) >= 11 is 0. The van der Waals surface area contributed by atoms with Gasteiger partial charge in [-0.15, -0.1) is 13.2 Å². The fourth-order valence-electron chi connectivity index (χ4n) is 3.18. The van der Waals surface area contributed by atoms with Crippen LogP contribution in [0, 0.1) is 5.92 Å². The second-order valence-electron chi connectivity index (χ2n) is 5.30. The Labute approximate surface area is 114 Å². The first-order valence-corrected chi connectivity index (χ1v) is 6.62. The molecule has 0 saturated carbocycles. The van der Waals surface area contributed by atoms with Crippen molar-refractivity contribution in [3.63, 3.8) is 0 Å². The maximum atomic E-state index is 12.4. The molecule has 0 aromatic heterocycles. The number of fused-ring (bicyclic) bond motifs is 2. The molecule has 4 unspecified atom stereocenters. The smallest absolute Gasteiger partial charge is 0.405 e. The molecule has 20 heavy (non-hydrogen) atoms. The molecule has 4 atom stereocenters. The number of aliphatic hydroxyl groups excluding tert-OH is 1. The van der Waals surface area contributed by atoms with Gasteiger partial charge in [0.05, 0.1) is 18.3 Å². The maximum absolute atomic E-state index is 12.4. The van der Waals surface area contributed by atoms with Crippen LogP contribution in [0.15, 0.2) is 24.3 Å². The van der Waals surface area contributed by atoms with Crippen molar-refractivity contribution in [2.45, 2.75) is 43.9 Å². The number of benzene rings is 1. The van der Waals surface area contributed by atoms with Gasteiger partial charge < -0.3 is 14.6 Å². The first kappa shape index (κ1) is 13.7. The highest BCUT2D eigenvalue weighted by Gasteiger charge is 2.45. The first-order valence-electron chi connectivity index (χ1n) is 6.62. The quantitative estimate of drug-likeness (QED) is 0.928. The predicted octanol–water partition coefficient (Wildman–Crippen LogP) is 3.19. The Hall–Kier alpha value is -1.27. The van der Waals surface area contributed by atoms with E-state index in [9.17, 15) is 18.3 Å². The van der Waals surface area contributed by atoms with Gasteiger partial charge in [-0.3, -0.25) is 0 Å². The molecule has 0 aliphatic carbocycles. The number of halogens is 3. The minimum absolute atomic E-state index is 0.0612. The van der Waals surface area contributed by atoms with Crippen molar-refractivity contribution >= 4 is 0 Å². The van der Waals surface area contributed by atoms with Crippen molar-refractivity contribution in [1.29, 1.82) is 0 Å². The Balaban J connectivity index is 1.82. The normalized spacial score (nSPS) is 30.5. The highest BCUT2D eigenvalue weighted by Crippen LogP contribution is 2.46. The second-order valence-corrected chi connectivity index (χ2v) is 5.30. The lowest BCUT2D eigenvalue weighted by atomic mass is 9.82. The Morgan fingerprint density at radius 2 is 2.00 bits per heavy atom. The zero-order valence-electron chi connectivity index (χ0n) is 10.6. The van der Waals surface area contributed by atoms with Gasteiger partial charge in [0.2, 0.25) is 0 Å². The minimum Gasteiger partial charge on any atom is -0.405 e. The Kier molecular flexibility index (Phi) is 3.38. The van der Waals surface area contributed by atoms with E-state index in [-0.39, 0.29) is 29.4 Å². The molecule has 0 radical (unpaired) electrons. The third kappa shape index (κ3) is 2.62. The molecular formula is C14H15F3O3. The molecule has 0 amide bonds. The van der Waals surface area contributed by atoms with Crippen molar-refractivity contribution in [2.75, 3.05) is 0 Å². The summed E-state index contributed by atoms with van der Waals surface area (Å²) in [4.78, 5) is 0. The largest absolute Gasteiger partial charge is 0.573 e. The van der Waals surface area contributed by atoms with E-state index in [1.807, 2.05) is 0 Å². The lowest BCUT2D eigenvalue weighted by Crippen LogP contribution is -2.25. The van der Waals surface area contributed by atoms with Crippen molar-refractivity contribution in [3.8, 4) is 5.75 Å². The summed E-state index contributed by atoms with van der Waals surface area (Å²) in [7, 11) is 0. The SMILES string of the molecule is OC(c1ccccc1OC(F)(F)F)C1CC2CCC1O2. The molecule has 6 heteroatoms. The molecule has 2 aliphatic heterocycles. The number of hydrogen-bond donors (Lipinski definition) is 1. The van der Waals surface area contributed by atoms with Crippen molar-refractivity contribution in [3.05, 3.63) is 29.8 Å². The molecule has 3 rings (SSSR count). The van der Waals surface area contributed by atoms with E-state index in [0.29, 0.717) is 6.42 Å². The standard InChI is InChI=1S/C14H15F3O3/c15-14(16,17)20-12-4-2-1-3-9(12)13(18)10-7-8-5-6-11(10)19-8/h1-4,8,10-11,13,18H,5-7H2. The van der Waals surface area contributed by atoms with Crippen LogP contribution in [0.25, 0.3) is 0 Å². The molecule has 2 aliphatic rings. The fourth-order valence-corrected chi connectivity index (χ4v) is 3.18. The van der Waals surface area contributed by atoms with Crippen LogP contribution in [0.4, 0.5) is 13.2 Å². The van der Waals surface area contributed by atoms with Gasteiger partial charge in [0.25, 0.3) is 0 Å². The molecular weight excluding hydrogens is 273 g/mol. The summed E-state index contributed by atoms with van der Waals surface area (Å²) in [5.41, 5.74) is 0.172. The van der Waals surface area contributed by atoms with Gasteiger partial charge in [-0.25, -0.2) is 0 Å². The maximum Gasteiger partial charge on any atom is 0.573 e. The van der Waals surface area contributed by atoms with Gasteiger partial charge >= 0.3 is 6.36 Å². The minimum atomic E-state index is -4.76. The summed E-state index contributed by atoms with van der Waals surface area (Å²) in [6, 6.07) is 5.74. The molecule has 2 fully saturated rings. The Morgan fingerprint density at radius 1 is 1.25 bits per heavy atom. The highest BCUT2D eigenvalue weighted by molar-refractivity contribution is 5.36. The number of aliphatic hydroxyl groups is 1. The zero-order valence-corrected chi connectivity index (χ0v) is 10.6. The van der Waals surface area contributed by atoms with Crippen LogP contribution in [-0.4, -0.2) is 23.7 Å². The van der Waals surface area contributed by atoms with E-state index in [4.69, 9.17) is 4.74 Å². The average Bonchev–Trinajstić information content (AvgIpc) is 2.99. The van der Waals surface area contributed by atoms with Crippen LogP contribution >= 0.6 is 0 Å². The number of hydrogen-bond acceptors (Lipinski definition) is 3. The van der Waals surface area contributed by atoms with Crippen LogP contribution < -0.4 is 4.74 Å². The lowest BCUT2D eigenvalue weighted by molar-refractivity contribution is -0.275. The molecule has 110 valence electrons.